The second-order valence-electron chi connectivity index (χ2n) is 8.05. The molecule has 3 aliphatic rings. The highest BCUT2D eigenvalue weighted by molar-refractivity contribution is 8.09. The summed E-state index contributed by atoms with van der Waals surface area (Å²) in [5.74, 6) is 0. The van der Waals surface area contributed by atoms with E-state index >= 15 is 0 Å². The monoisotopic (exact) mass is 474 g/mol. The molecule has 0 N–H and O–H groups in total. The van der Waals surface area contributed by atoms with Crippen molar-refractivity contribution >= 4 is 36.9 Å². The van der Waals surface area contributed by atoms with Crippen molar-refractivity contribution in [1.82, 2.24) is 9.34 Å². The summed E-state index contributed by atoms with van der Waals surface area (Å²) in [6.07, 6.45) is 0. The number of hydrogen-bond acceptors (Lipinski definition) is 6. The zero-order chi connectivity index (χ0) is 20.5. The minimum atomic E-state index is -2.27. The molecule has 2 spiro atoms. The Morgan fingerprint density at radius 3 is 1.00 bits per heavy atom. The van der Waals surface area contributed by atoms with Gasteiger partial charge in [-0.15, -0.1) is 0 Å². The van der Waals surface area contributed by atoms with E-state index in [1.54, 1.807) is 28.4 Å². The molecule has 0 bridgehead atoms. The highest BCUT2D eigenvalue weighted by Gasteiger charge is 2.47. The van der Waals surface area contributed by atoms with Crippen LogP contribution < -0.4 is 0 Å². The van der Waals surface area contributed by atoms with Crippen molar-refractivity contribution in [3.63, 3.8) is 0 Å². The van der Waals surface area contributed by atoms with Gasteiger partial charge in [0.05, 0.1) is 52.4 Å². The van der Waals surface area contributed by atoms with Gasteiger partial charge in [0.15, 0.2) is 0 Å². The molecule has 3 aliphatic heterocycles. The van der Waals surface area contributed by atoms with Crippen LogP contribution in [0.3, 0.4) is 0 Å². The number of piperazine rings is 3. The fourth-order valence-corrected chi connectivity index (χ4v) is 8.36. The van der Waals surface area contributed by atoms with E-state index < -0.39 is 13.3 Å². The lowest BCUT2D eigenvalue weighted by Gasteiger charge is -2.54. The van der Waals surface area contributed by atoms with Gasteiger partial charge in [0.2, 0.25) is 0 Å². The van der Waals surface area contributed by atoms with E-state index in [0.29, 0.717) is 0 Å². The molecular weight excluding hydrogens is 438 g/mol. The standard InChI is InChI=1S/C16H36N4O4P2S2/c1-21-25(27,22-2)17-5-9-19(10-6-17)13-15-20(16-14-19)11-7-18(8-12-20)26(28,23-3)24-4/h5-16H2,1-4H3/q+2. The second kappa shape index (κ2) is 9.23. The van der Waals surface area contributed by atoms with E-state index in [1.807, 2.05) is 0 Å². The molecule has 0 saturated carbocycles. The van der Waals surface area contributed by atoms with Gasteiger partial charge < -0.3 is 27.1 Å². The quantitative estimate of drug-likeness (QED) is 0.422. The molecule has 0 amide bonds. The van der Waals surface area contributed by atoms with Crippen LogP contribution in [0.5, 0.6) is 0 Å². The van der Waals surface area contributed by atoms with E-state index in [2.05, 4.69) is 9.34 Å². The van der Waals surface area contributed by atoms with Gasteiger partial charge in [-0.25, -0.2) is 9.34 Å². The number of quaternary nitrogens is 2. The van der Waals surface area contributed by atoms with Crippen LogP contribution in [0.4, 0.5) is 0 Å². The lowest BCUT2D eigenvalue weighted by molar-refractivity contribution is -1.03. The molecular formula is C16H36N4O4P2S2+2. The molecule has 28 heavy (non-hydrogen) atoms. The van der Waals surface area contributed by atoms with Crippen LogP contribution in [0.2, 0.25) is 0 Å². The zero-order valence-electron chi connectivity index (χ0n) is 17.6. The predicted molar refractivity (Wildman–Crippen MR) is 119 cm³/mol. The molecule has 164 valence electrons. The van der Waals surface area contributed by atoms with Crippen molar-refractivity contribution in [3.8, 4) is 0 Å². The Balaban J connectivity index is 1.53. The van der Waals surface area contributed by atoms with Gasteiger partial charge in [0.25, 0.3) is 13.3 Å². The molecule has 3 saturated heterocycles. The highest BCUT2D eigenvalue weighted by atomic mass is 32.5. The molecule has 0 aliphatic carbocycles. The third-order valence-electron chi connectivity index (χ3n) is 7.04. The maximum Gasteiger partial charge on any atom is 0.263 e. The maximum atomic E-state index is 5.62. The van der Waals surface area contributed by atoms with E-state index in [-0.39, 0.29) is 0 Å². The number of rotatable bonds is 6. The van der Waals surface area contributed by atoms with E-state index in [0.717, 1.165) is 52.4 Å². The molecule has 8 nitrogen and oxygen atoms in total. The summed E-state index contributed by atoms with van der Waals surface area (Å²) in [6, 6.07) is 0. The molecule has 0 atom stereocenters. The Labute approximate surface area is 180 Å². The van der Waals surface area contributed by atoms with Crippen molar-refractivity contribution in [2.75, 3.05) is 107 Å². The van der Waals surface area contributed by atoms with Crippen LogP contribution in [-0.2, 0) is 41.7 Å². The average molecular weight is 475 g/mol. The first kappa shape index (κ1) is 23.6. The highest BCUT2D eigenvalue weighted by Crippen LogP contribution is 2.52. The second-order valence-corrected chi connectivity index (χ2v) is 15.3. The zero-order valence-corrected chi connectivity index (χ0v) is 21.0. The minimum Gasteiger partial charge on any atom is -0.321 e. The van der Waals surface area contributed by atoms with E-state index in [1.165, 1.54) is 35.1 Å². The molecule has 3 heterocycles. The summed E-state index contributed by atoms with van der Waals surface area (Å²) < 4.78 is 29.1. The van der Waals surface area contributed by atoms with Crippen molar-refractivity contribution < 1.29 is 27.1 Å². The molecule has 3 rings (SSSR count). The first-order valence-electron chi connectivity index (χ1n) is 9.92. The molecule has 0 aromatic rings. The van der Waals surface area contributed by atoms with Gasteiger partial charge in [-0.05, 0) is 23.6 Å². The first-order valence-corrected chi connectivity index (χ1v) is 15.1. The van der Waals surface area contributed by atoms with Gasteiger partial charge in [-0.3, -0.25) is 0 Å². The minimum absolute atomic E-state index is 0.970. The number of nitrogens with zero attached hydrogens (tertiary/aromatic N) is 4. The predicted octanol–water partition coefficient (Wildman–Crippen LogP) is 1.30. The smallest absolute Gasteiger partial charge is 0.263 e. The summed E-state index contributed by atoms with van der Waals surface area (Å²) in [6.45, 7) is 8.91. The summed E-state index contributed by atoms with van der Waals surface area (Å²) in [5.41, 5.74) is 0. The summed E-state index contributed by atoms with van der Waals surface area (Å²) in [7, 11) is 6.69. The van der Waals surface area contributed by atoms with Crippen LogP contribution >= 0.6 is 13.3 Å². The molecule has 0 radical (unpaired) electrons. The van der Waals surface area contributed by atoms with E-state index in [9.17, 15) is 0 Å². The van der Waals surface area contributed by atoms with Gasteiger partial charge in [0.1, 0.15) is 26.2 Å². The van der Waals surface area contributed by atoms with Crippen LogP contribution in [0.25, 0.3) is 0 Å². The van der Waals surface area contributed by atoms with Crippen LogP contribution in [0.15, 0.2) is 0 Å². The third-order valence-corrected chi connectivity index (χ3v) is 14.2. The molecule has 0 aromatic carbocycles. The Kier molecular flexibility index (Phi) is 7.79. The molecule has 0 unspecified atom stereocenters. The van der Waals surface area contributed by atoms with Crippen molar-refractivity contribution in [2.24, 2.45) is 0 Å². The lowest BCUT2D eigenvalue weighted by Crippen LogP contribution is -2.72. The normalized spacial score (nSPS) is 26.7. The Bertz CT molecular complexity index is 558. The largest absolute Gasteiger partial charge is 0.321 e. The topological polar surface area (TPSA) is 43.4 Å². The van der Waals surface area contributed by atoms with Crippen LogP contribution in [0, 0.1) is 0 Å². The number of hydrogen-bond donors (Lipinski definition) is 0. The molecule has 0 aromatic heterocycles. The fraction of sp³-hybridized carbons (Fsp3) is 1.00. The third kappa shape index (κ3) is 4.59. The maximum absolute atomic E-state index is 5.62. The summed E-state index contributed by atoms with van der Waals surface area (Å²) in [5, 5.41) is 0. The average Bonchev–Trinajstić information content (AvgIpc) is 2.76. The van der Waals surface area contributed by atoms with Gasteiger partial charge in [0, 0.05) is 28.4 Å². The van der Waals surface area contributed by atoms with E-state index in [4.69, 9.17) is 41.7 Å². The fourth-order valence-electron chi connectivity index (χ4n) is 4.82. The van der Waals surface area contributed by atoms with Crippen molar-refractivity contribution in [2.45, 2.75) is 0 Å². The summed E-state index contributed by atoms with van der Waals surface area (Å²) >= 11 is 11.2. The Hall–Kier alpha value is 0.980. The first-order chi connectivity index (χ1) is 13.3. The Morgan fingerprint density at radius 1 is 0.536 bits per heavy atom. The molecule has 3 fully saturated rings. The van der Waals surface area contributed by atoms with Gasteiger partial charge in [-0.1, -0.05) is 0 Å². The van der Waals surface area contributed by atoms with Crippen molar-refractivity contribution in [1.29, 1.82) is 0 Å². The van der Waals surface area contributed by atoms with Crippen molar-refractivity contribution in [3.05, 3.63) is 0 Å². The molecule has 12 heteroatoms. The van der Waals surface area contributed by atoms with Gasteiger partial charge in [-0.2, -0.15) is 0 Å². The lowest BCUT2D eigenvalue weighted by atomic mass is 10.1. The van der Waals surface area contributed by atoms with Crippen LogP contribution in [0.1, 0.15) is 0 Å². The Morgan fingerprint density at radius 2 is 0.786 bits per heavy atom. The van der Waals surface area contributed by atoms with Gasteiger partial charge >= 0.3 is 0 Å². The van der Waals surface area contributed by atoms with Crippen LogP contribution in [-0.4, -0.2) is 125 Å². The SMILES string of the molecule is COP(=S)(OC)N1CC[N+]2(CC1)CC[N+]1(CCN(P(=S)(OC)OC)CC1)CC2. The summed E-state index contributed by atoms with van der Waals surface area (Å²) in [4.78, 5) is 0.